The summed E-state index contributed by atoms with van der Waals surface area (Å²) in [5, 5.41) is 0.175. The van der Waals surface area contributed by atoms with Crippen molar-refractivity contribution in [1.29, 1.82) is 0 Å². The summed E-state index contributed by atoms with van der Waals surface area (Å²) in [6.07, 6.45) is -1.36. The van der Waals surface area contributed by atoms with Crippen molar-refractivity contribution in [2.75, 3.05) is 45.7 Å². The molecular weight excluding hydrogens is 493 g/mol. The van der Waals surface area contributed by atoms with Crippen molar-refractivity contribution in [3.63, 3.8) is 0 Å². The van der Waals surface area contributed by atoms with Gasteiger partial charge >= 0.3 is 6.18 Å². The van der Waals surface area contributed by atoms with Crippen molar-refractivity contribution in [2.45, 2.75) is 37.8 Å². The van der Waals surface area contributed by atoms with Crippen LogP contribution in [0.2, 0.25) is 5.15 Å². The molecule has 1 unspecified atom stereocenters. The van der Waals surface area contributed by atoms with Gasteiger partial charge < -0.3 is 14.7 Å². The smallest absolute Gasteiger partial charge is 0.357 e. The number of benzene rings is 1. The fraction of sp³-hybridized carbons (Fsp3) is 0.500. The first-order valence-electron chi connectivity index (χ1n) is 12.0. The summed E-state index contributed by atoms with van der Waals surface area (Å²) in [5.41, 5.74) is 0.320. The molecule has 0 radical (unpaired) electrons. The molecule has 2 amide bonds. The van der Waals surface area contributed by atoms with E-state index in [1.54, 1.807) is 32.3 Å². The summed E-state index contributed by atoms with van der Waals surface area (Å²) in [6, 6.07) is 10.8. The Morgan fingerprint density at radius 3 is 2.28 bits per heavy atom. The maximum Gasteiger partial charge on any atom is 0.404 e. The molecule has 1 saturated heterocycles. The molecule has 1 fully saturated rings. The number of nitrogens with zero attached hydrogens (tertiary/aromatic N) is 4. The van der Waals surface area contributed by atoms with Crippen LogP contribution < -0.4 is 4.90 Å². The molecule has 2 aromatic rings. The highest BCUT2D eigenvalue weighted by Crippen LogP contribution is 2.36. The van der Waals surface area contributed by atoms with Crippen LogP contribution in [-0.2, 0) is 4.79 Å². The zero-order valence-corrected chi connectivity index (χ0v) is 21.5. The molecule has 1 aliphatic heterocycles. The molecule has 196 valence electrons. The van der Waals surface area contributed by atoms with Crippen molar-refractivity contribution in [1.82, 2.24) is 14.8 Å². The number of aromatic nitrogens is 1. The molecule has 1 atom stereocenters. The van der Waals surface area contributed by atoms with Crippen LogP contribution in [0.3, 0.4) is 0 Å². The number of alkyl halides is 3. The van der Waals surface area contributed by atoms with Crippen LogP contribution >= 0.6 is 11.6 Å². The zero-order valence-electron chi connectivity index (χ0n) is 20.8. The average molecular weight is 525 g/mol. The second-order valence-electron chi connectivity index (χ2n) is 9.43. The Hall–Kier alpha value is -2.81. The molecule has 0 spiro atoms. The average Bonchev–Trinajstić information content (AvgIpc) is 2.83. The monoisotopic (exact) mass is 524 g/mol. The first kappa shape index (κ1) is 27.8. The molecular formula is C26H32ClF3N4O2. The van der Waals surface area contributed by atoms with Gasteiger partial charge in [-0.2, -0.15) is 13.2 Å². The van der Waals surface area contributed by atoms with Crippen molar-refractivity contribution >= 4 is 29.2 Å². The number of carbonyl (C=O) groups is 2. The van der Waals surface area contributed by atoms with Gasteiger partial charge in [-0.3, -0.25) is 9.59 Å². The highest BCUT2D eigenvalue weighted by atomic mass is 35.5. The van der Waals surface area contributed by atoms with E-state index in [1.807, 2.05) is 0 Å². The van der Waals surface area contributed by atoms with Gasteiger partial charge in [-0.05, 0) is 49.3 Å². The first-order chi connectivity index (χ1) is 17.0. The molecule has 3 rings (SSSR count). The Kier molecular flexibility index (Phi) is 9.22. The molecule has 10 heteroatoms. The third-order valence-corrected chi connectivity index (χ3v) is 6.89. The number of halogens is 4. The van der Waals surface area contributed by atoms with Crippen molar-refractivity contribution in [3.05, 3.63) is 58.7 Å². The van der Waals surface area contributed by atoms with Gasteiger partial charge in [-0.25, -0.2) is 4.98 Å². The lowest BCUT2D eigenvalue weighted by molar-refractivity contribution is -0.171. The van der Waals surface area contributed by atoms with E-state index >= 15 is 0 Å². The summed E-state index contributed by atoms with van der Waals surface area (Å²) >= 11 is 6.24. The van der Waals surface area contributed by atoms with Crippen LogP contribution in [-0.4, -0.2) is 73.6 Å². The molecule has 2 heterocycles. The maximum atomic E-state index is 13.6. The number of hydrogen-bond acceptors (Lipinski definition) is 4. The molecule has 0 aliphatic carbocycles. The lowest BCUT2D eigenvalue weighted by atomic mass is 9.92. The predicted molar refractivity (Wildman–Crippen MR) is 134 cm³/mol. The number of amides is 2. The third-order valence-electron chi connectivity index (χ3n) is 6.60. The number of anilines is 1. The van der Waals surface area contributed by atoms with E-state index in [9.17, 15) is 22.8 Å². The Bertz CT molecular complexity index is 1040. The minimum Gasteiger partial charge on any atom is -0.357 e. The van der Waals surface area contributed by atoms with Crippen LogP contribution in [0.15, 0.2) is 42.5 Å². The van der Waals surface area contributed by atoms with Crippen LogP contribution in [0.25, 0.3) is 0 Å². The number of piperidine rings is 1. The fourth-order valence-corrected chi connectivity index (χ4v) is 4.75. The third kappa shape index (κ3) is 6.90. The van der Waals surface area contributed by atoms with Crippen molar-refractivity contribution in [2.24, 2.45) is 5.92 Å². The Morgan fingerprint density at radius 2 is 1.72 bits per heavy atom. The standard InChI is InChI=1S/C26H32ClF3N4O2/c1-32(2)24(35)20-11-12-21(31-23(20)27)34-16-13-18(14-17-34)8-7-15-33(3)25(36)22(26(28,29)30)19-9-5-4-6-10-19/h4-6,9-12,18,22H,7-8,13-17H2,1-3H3. The molecule has 0 bridgehead atoms. The molecule has 6 nitrogen and oxygen atoms in total. The Morgan fingerprint density at radius 1 is 1.08 bits per heavy atom. The van der Waals surface area contributed by atoms with E-state index in [2.05, 4.69) is 9.88 Å². The van der Waals surface area contributed by atoms with Crippen molar-refractivity contribution < 1.29 is 22.8 Å². The fourth-order valence-electron chi connectivity index (χ4n) is 4.52. The SMILES string of the molecule is CN(C)C(=O)c1ccc(N2CCC(CCCN(C)C(=O)C(c3ccccc3)C(F)(F)F)CC2)nc1Cl. The maximum absolute atomic E-state index is 13.6. The van der Waals surface area contributed by atoms with Gasteiger partial charge in [0.25, 0.3) is 5.91 Å². The van der Waals surface area contributed by atoms with E-state index in [1.165, 1.54) is 41.1 Å². The minimum atomic E-state index is -4.64. The van der Waals surface area contributed by atoms with Gasteiger partial charge in [-0.15, -0.1) is 0 Å². The summed E-state index contributed by atoms with van der Waals surface area (Å²) in [7, 11) is 4.75. The molecule has 0 saturated carbocycles. The first-order valence-corrected chi connectivity index (χ1v) is 12.4. The summed E-state index contributed by atoms with van der Waals surface area (Å²) in [5.74, 6) is -2.14. The van der Waals surface area contributed by atoms with E-state index in [4.69, 9.17) is 11.6 Å². The largest absolute Gasteiger partial charge is 0.404 e. The second kappa shape index (κ2) is 12.0. The second-order valence-corrected chi connectivity index (χ2v) is 9.78. The van der Waals surface area contributed by atoms with Crippen LogP contribution in [0.5, 0.6) is 0 Å². The molecule has 36 heavy (non-hydrogen) atoms. The summed E-state index contributed by atoms with van der Waals surface area (Å²) < 4.78 is 40.9. The van der Waals surface area contributed by atoms with Crippen molar-refractivity contribution in [3.8, 4) is 0 Å². The van der Waals surface area contributed by atoms with E-state index in [-0.39, 0.29) is 23.2 Å². The van der Waals surface area contributed by atoms with Gasteiger partial charge in [0.1, 0.15) is 11.0 Å². The predicted octanol–water partition coefficient (Wildman–Crippen LogP) is 5.24. The van der Waals surface area contributed by atoms with Gasteiger partial charge in [0.2, 0.25) is 5.91 Å². The lowest BCUT2D eigenvalue weighted by Gasteiger charge is -2.33. The summed E-state index contributed by atoms with van der Waals surface area (Å²) in [4.78, 5) is 34.0. The Balaban J connectivity index is 1.49. The van der Waals surface area contributed by atoms with Crippen LogP contribution in [0.1, 0.15) is 47.5 Å². The van der Waals surface area contributed by atoms with Crippen LogP contribution in [0, 0.1) is 5.92 Å². The van der Waals surface area contributed by atoms with E-state index in [0.717, 1.165) is 38.2 Å². The van der Waals surface area contributed by atoms with Gasteiger partial charge in [0, 0.05) is 40.8 Å². The summed E-state index contributed by atoms with van der Waals surface area (Å²) in [6.45, 7) is 1.82. The van der Waals surface area contributed by atoms with Crippen LogP contribution in [0.4, 0.5) is 19.0 Å². The van der Waals surface area contributed by atoms with Gasteiger partial charge in [0.05, 0.1) is 5.56 Å². The number of pyridine rings is 1. The van der Waals surface area contributed by atoms with E-state index in [0.29, 0.717) is 17.9 Å². The number of likely N-dealkylation sites (N-methyl/N-ethyl adjacent to an activating group) is 1. The number of rotatable bonds is 8. The normalized spacial score (nSPS) is 15.5. The lowest BCUT2D eigenvalue weighted by Crippen LogP contribution is -2.39. The number of hydrogen-bond donors (Lipinski definition) is 0. The number of carbonyl (C=O) groups excluding carboxylic acids is 2. The zero-order chi connectivity index (χ0) is 26.5. The van der Waals surface area contributed by atoms with E-state index < -0.39 is 18.0 Å². The highest BCUT2D eigenvalue weighted by Gasteiger charge is 2.46. The highest BCUT2D eigenvalue weighted by molar-refractivity contribution is 6.32. The molecule has 0 N–H and O–H groups in total. The molecule has 1 aliphatic rings. The molecule has 1 aromatic heterocycles. The van der Waals surface area contributed by atoms with Gasteiger partial charge in [-0.1, -0.05) is 41.9 Å². The molecule has 1 aromatic carbocycles. The topological polar surface area (TPSA) is 56.8 Å². The van der Waals surface area contributed by atoms with Gasteiger partial charge in [0.15, 0.2) is 5.92 Å². The Labute approximate surface area is 215 Å². The quantitative estimate of drug-likeness (QED) is 0.443. The minimum absolute atomic E-state index is 0.0398.